The molecular weight excluding hydrogens is 274 g/mol. The molecule has 92 valence electrons. The maximum atomic E-state index is 12.2. The Hall–Kier alpha value is -0.100. The highest BCUT2D eigenvalue weighted by Crippen LogP contribution is 2.40. The van der Waals surface area contributed by atoms with E-state index in [1.165, 1.54) is 25.7 Å². The van der Waals surface area contributed by atoms with Crippen molar-refractivity contribution < 1.29 is 4.79 Å². The SMILES string of the molecule is Cc1ccc(Cl)c(C(=O)PC2CCCC2)c1Cl. The lowest BCUT2D eigenvalue weighted by atomic mass is 10.1. The van der Waals surface area contributed by atoms with Crippen LogP contribution in [0.5, 0.6) is 0 Å². The van der Waals surface area contributed by atoms with E-state index in [1.807, 2.05) is 13.0 Å². The predicted molar refractivity (Wildman–Crippen MR) is 76.1 cm³/mol. The van der Waals surface area contributed by atoms with Crippen molar-refractivity contribution in [3.8, 4) is 0 Å². The molecule has 0 saturated heterocycles. The van der Waals surface area contributed by atoms with E-state index in [0.717, 1.165) is 5.56 Å². The molecule has 1 aromatic rings. The molecule has 1 nitrogen and oxygen atoms in total. The fraction of sp³-hybridized carbons (Fsp3) is 0.462. The first kappa shape index (κ1) is 13.3. The molecule has 1 fully saturated rings. The van der Waals surface area contributed by atoms with Crippen molar-refractivity contribution >= 4 is 37.3 Å². The molecule has 0 N–H and O–H groups in total. The number of hydrogen-bond acceptors (Lipinski definition) is 1. The first-order valence-electron chi connectivity index (χ1n) is 5.85. The Balaban J connectivity index is 2.21. The quantitative estimate of drug-likeness (QED) is 0.710. The third-order valence-electron chi connectivity index (χ3n) is 3.20. The number of aryl methyl sites for hydroxylation is 1. The summed E-state index contributed by atoms with van der Waals surface area (Å²) < 4.78 is 0. The molecule has 1 aliphatic rings. The Morgan fingerprint density at radius 1 is 1.29 bits per heavy atom. The average molecular weight is 289 g/mol. The van der Waals surface area contributed by atoms with Crippen LogP contribution in [-0.4, -0.2) is 11.2 Å². The zero-order chi connectivity index (χ0) is 12.4. The maximum absolute atomic E-state index is 12.2. The Kier molecular flexibility index (Phi) is 4.47. The fourth-order valence-electron chi connectivity index (χ4n) is 2.19. The standard InChI is InChI=1S/C13H15Cl2OP/c1-8-6-7-10(14)11(12(8)15)13(16)17-9-4-2-3-5-9/h6-7,9,17H,2-5H2,1H3. The summed E-state index contributed by atoms with van der Waals surface area (Å²) in [6.45, 7) is 1.90. The molecule has 2 rings (SSSR count). The molecule has 0 aliphatic heterocycles. The van der Waals surface area contributed by atoms with Crippen LogP contribution < -0.4 is 0 Å². The van der Waals surface area contributed by atoms with Crippen LogP contribution >= 0.6 is 31.8 Å². The van der Waals surface area contributed by atoms with Crippen LogP contribution in [0.3, 0.4) is 0 Å². The lowest BCUT2D eigenvalue weighted by molar-refractivity contribution is 0.108. The number of halogens is 2. The van der Waals surface area contributed by atoms with Gasteiger partial charge < -0.3 is 0 Å². The number of carbonyl (C=O) groups excluding carboxylic acids is 1. The zero-order valence-corrected chi connectivity index (χ0v) is 12.2. The van der Waals surface area contributed by atoms with Crippen LogP contribution in [0.15, 0.2) is 12.1 Å². The summed E-state index contributed by atoms with van der Waals surface area (Å²) in [7, 11) is 0.318. The van der Waals surface area contributed by atoms with Crippen molar-refractivity contribution in [1.29, 1.82) is 0 Å². The Labute approximate surface area is 114 Å². The zero-order valence-electron chi connectivity index (χ0n) is 9.72. The molecule has 17 heavy (non-hydrogen) atoms. The van der Waals surface area contributed by atoms with Crippen LogP contribution in [-0.2, 0) is 0 Å². The third kappa shape index (κ3) is 3.02. The van der Waals surface area contributed by atoms with E-state index in [-0.39, 0.29) is 5.52 Å². The first-order valence-corrected chi connectivity index (χ1v) is 7.68. The lowest BCUT2D eigenvalue weighted by Crippen LogP contribution is -2.02. The second-order valence-corrected chi connectivity index (χ2v) is 6.85. The molecule has 0 radical (unpaired) electrons. The number of hydrogen-bond donors (Lipinski definition) is 0. The molecular formula is C13H15Cl2OP. The molecule has 0 spiro atoms. The normalized spacial score (nSPS) is 17.1. The second-order valence-electron chi connectivity index (χ2n) is 4.51. The topological polar surface area (TPSA) is 17.1 Å². The predicted octanol–water partition coefficient (Wildman–Crippen LogP) is 5.06. The highest BCUT2D eigenvalue weighted by molar-refractivity contribution is 7.59. The summed E-state index contributed by atoms with van der Waals surface area (Å²) in [5, 5.41) is 1.00. The van der Waals surface area contributed by atoms with Crippen LogP contribution in [0.25, 0.3) is 0 Å². The molecule has 1 aliphatic carbocycles. The van der Waals surface area contributed by atoms with Gasteiger partial charge in [-0.1, -0.05) is 42.1 Å². The van der Waals surface area contributed by atoms with Crippen molar-refractivity contribution in [1.82, 2.24) is 0 Å². The van der Waals surface area contributed by atoms with Gasteiger partial charge in [-0.2, -0.15) is 0 Å². The van der Waals surface area contributed by atoms with Crippen LogP contribution in [0.4, 0.5) is 0 Å². The monoisotopic (exact) mass is 288 g/mol. The molecule has 0 heterocycles. The van der Waals surface area contributed by atoms with E-state index in [0.29, 0.717) is 29.8 Å². The van der Waals surface area contributed by atoms with Gasteiger partial charge in [-0.05, 0) is 45.6 Å². The molecule has 4 heteroatoms. The summed E-state index contributed by atoms with van der Waals surface area (Å²) >= 11 is 12.3. The number of carbonyl (C=O) groups is 1. The van der Waals surface area contributed by atoms with Crippen molar-refractivity contribution in [2.24, 2.45) is 0 Å². The van der Waals surface area contributed by atoms with Crippen LogP contribution in [0, 0.1) is 6.92 Å². The summed E-state index contributed by atoms with van der Waals surface area (Å²) in [6.07, 6.45) is 4.84. The minimum Gasteiger partial charge on any atom is -0.289 e. The van der Waals surface area contributed by atoms with E-state index in [2.05, 4.69) is 0 Å². The van der Waals surface area contributed by atoms with Gasteiger partial charge in [0.15, 0.2) is 5.52 Å². The van der Waals surface area contributed by atoms with Gasteiger partial charge in [0.25, 0.3) is 0 Å². The molecule has 1 atom stereocenters. The number of rotatable bonds is 3. The molecule has 1 unspecified atom stereocenters. The molecule has 1 aromatic carbocycles. The van der Waals surface area contributed by atoms with Gasteiger partial charge in [-0.3, -0.25) is 4.79 Å². The Morgan fingerprint density at radius 3 is 2.59 bits per heavy atom. The first-order chi connectivity index (χ1) is 8.09. The lowest BCUT2D eigenvalue weighted by Gasteiger charge is -2.11. The largest absolute Gasteiger partial charge is 0.289 e. The third-order valence-corrected chi connectivity index (χ3v) is 5.50. The summed E-state index contributed by atoms with van der Waals surface area (Å²) in [5.74, 6) is 0. The summed E-state index contributed by atoms with van der Waals surface area (Å²) in [4.78, 5) is 12.2. The van der Waals surface area contributed by atoms with Crippen molar-refractivity contribution in [2.75, 3.05) is 0 Å². The van der Waals surface area contributed by atoms with Crippen molar-refractivity contribution in [3.05, 3.63) is 33.3 Å². The van der Waals surface area contributed by atoms with E-state index < -0.39 is 0 Å². The smallest absolute Gasteiger partial charge is 0.184 e. The highest BCUT2D eigenvalue weighted by Gasteiger charge is 2.22. The van der Waals surface area contributed by atoms with E-state index in [9.17, 15) is 4.79 Å². The van der Waals surface area contributed by atoms with Gasteiger partial charge in [-0.15, -0.1) is 0 Å². The Morgan fingerprint density at radius 2 is 1.94 bits per heavy atom. The van der Waals surface area contributed by atoms with Gasteiger partial charge in [0.05, 0.1) is 15.6 Å². The van der Waals surface area contributed by atoms with E-state index >= 15 is 0 Å². The molecule has 0 aromatic heterocycles. The van der Waals surface area contributed by atoms with Gasteiger partial charge in [0, 0.05) is 0 Å². The minimum atomic E-state index is 0.121. The molecule has 1 saturated carbocycles. The van der Waals surface area contributed by atoms with Gasteiger partial charge in [0.2, 0.25) is 0 Å². The van der Waals surface area contributed by atoms with E-state index in [1.54, 1.807) is 6.07 Å². The van der Waals surface area contributed by atoms with Gasteiger partial charge in [0.1, 0.15) is 0 Å². The minimum absolute atomic E-state index is 0.121. The Bertz CT molecular complexity index is 439. The van der Waals surface area contributed by atoms with E-state index in [4.69, 9.17) is 23.2 Å². The van der Waals surface area contributed by atoms with Crippen molar-refractivity contribution in [3.63, 3.8) is 0 Å². The van der Waals surface area contributed by atoms with Gasteiger partial charge >= 0.3 is 0 Å². The average Bonchev–Trinajstić information content (AvgIpc) is 2.77. The van der Waals surface area contributed by atoms with Gasteiger partial charge in [-0.25, -0.2) is 0 Å². The molecule has 0 amide bonds. The fourth-order valence-corrected chi connectivity index (χ4v) is 4.37. The summed E-state index contributed by atoms with van der Waals surface area (Å²) in [5.41, 5.74) is 2.11. The van der Waals surface area contributed by atoms with Crippen LogP contribution in [0.2, 0.25) is 10.0 Å². The van der Waals surface area contributed by atoms with Crippen molar-refractivity contribution in [2.45, 2.75) is 38.3 Å². The second kappa shape index (κ2) is 5.69. The maximum Gasteiger partial charge on any atom is 0.184 e. The highest BCUT2D eigenvalue weighted by atomic mass is 35.5. The number of benzene rings is 1. The summed E-state index contributed by atoms with van der Waals surface area (Å²) in [6, 6.07) is 3.61. The molecule has 0 bridgehead atoms. The van der Waals surface area contributed by atoms with Crippen LogP contribution in [0.1, 0.15) is 41.6 Å².